The SMILES string of the molecule is Cc1ccccc1-n1ncc(C(=O)Nc2ncc(C(F)(F)F)cc2F)c1N. The van der Waals surface area contributed by atoms with Gasteiger partial charge in [0.05, 0.1) is 17.4 Å². The molecule has 0 radical (unpaired) electrons. The lowest BCUT2D eigenvalue weighted by atomic mass is 10.2. The molecule has 0 aliphatic rings. The fraction of sp³-hybridized carbons (Fsp3) is 0.118. The molecule has 10 heteroatoms. The number of alkyl halides is 3. The second-order valence-electron chi connectivity index (χ2n) is 5.65. The molecule has 0 bridgehead atoms. The van der Waals surface area contributed by atoms with E-state index < -0.39 is 29.3 Å². The Morgan fingerprint density at radius 1 is 1.22 bits per heavy atom. The zero-order valence-corrected chi connectivity index (χ0v) is 13.9. The summed E-state index contributed by atoms with van der Waals surface area (Å²) in [6.45, 7) is 1.83. The third-order valence-electron chi connectivity index (χ3n) is 3.80. The van der Waals surface area contributed by atoms with Crippen LogP contribution in [0, 0.1) is 12.7 Å². The number of hydrogen-bond donors (Lipinski definition) is 2. The fourth-order valence-electron chi connectivity index (χ4n) is 2.39. The Labute approximate surface area is 150 Å². The standard InChI is InChI=1S/C17H13F4N5O/c1-9-4-2-3-5-13(9)26-14(22)11(8-24-26)16(27)25-15-12(18)6-10(7-23-15)17(19,20)21/h2-8H,22H2,1H3,(H,23,25,27). The lowest BCUT2D eigenvalue weighted by Gasteiger charge is -2.10. The van der Waals surface area contributed by atoms with Gasteiger partial charge in [0.25, 0.3) is 5.91 Å². The molecule has 0 aliphatic heterocycles. The van der Waals surface area contributed by atoms with Crippen LogP contribution in [0.3, 0.4) is 0 Å². The van der Waals surface area contributed by atoms with Crippen molar-refractivity contribution in [3.8, 4) is 5.69 Å². The van der Waals surface area contributed by atoms with E-state index in [0.717, 1.165) is 5.56 Å². The van der Waals surface area contributed by atoms with Gasteiger partial charge in [-0.25, -0.2) is 14.1 Å². The average molecular weight is 379 g/mol. The molecule has 0 atom stereocenters. The number of nitrogens with zero attached hydrogens (tertiary/aromatic N) is 3. The van der Waals surface area contributed by atoms with E-state index in [9.17, 15) is 22.4 Å². The Morgan fingerprint density at radius 2 is 1.93 bits per heavy atom. The highest BCUT2D eigenvalue weighted by Gasteiger charge is 2.32. The molecule has 27 heavy (non-hydrogen) atoms. The number of carbonyl (C=O) groups is 1. The minimum atomic E-state index is -4.74. The number of aryl methyl sites for hydroxylation is 1. The van der Waals surface area contributed by atoms with Crippen LogP contribution in [-0.2, 0) is 6.18 Å². The minimum absolute atomic E-state index is 0.00544. The van der Waals surface area contributed by atoms with Crippen molar-refractivity contribution >= 4 is 17.5 Å². The number of aromatic nitrogens is 3. The summed E-state index contributed by atoms with van der Waals surface area (Å²) >= 11 is 0. The summed E-state index contributed by atoms with van der Waals surface area (Å²) in [5.41, 5.74) is 6.13. The molecule has 0 fully saturated rings. The number of hydrogen-bond acceptors (Lipinski definition) is 4. The van der Waals surface area contributed by atoms with E-state index >= 15 is 0 Å². The van der Waals surface area contributed by atoms with E-state index in [4.69, 9.17) is 5.73 Å². The Balaban J connectivity index is 1.87. The van der Waals surface area contributed by atoms with Crippen molar-refractivity contribution in [3.63, 3.8) is 0 Å². The van der Waals surface area contributed by atoms with Gasteiger partial charge in [-0.2, -0.15) is 18.3 Å². The smallest absolute Gasteiger partial charge is 0.383 e. The fourth-order valence-corrected chi connectivity index (χ4v) is 2.39. The first-order valence-corrected chi connectivity index (χ1v) is 7.62. The molecule has 3 aromatic rings. The number of para-hydroxylation sites is 1. The predicted molar refractivity (Wildman–Crippen MR) is 89.9 cm³/mol. The highest BCUT2D eigenvalue weighted by molar-refractivity contribution is 6.06. The van der Waals surface area contributed by atoms with Gasteiger partial charge in [0.15, 0.2) is 11.6 Å². The number of nitrogens with one attached hydrogen (secondary N) is 1. The van der Waals surface area contributed by atoms with E-state index in [1.165, 1.54) is 10.9 Å². The molecule has 0 unspecified atom stereocenters. The number of halogens is 4. The Bertz CT molecular complexity index is 1010. The van der Waals surface area contributed by atoms with Gasteiger partial charge in [0.1, 0.15) is 11.4 Å². The van der Waals surface area contributed by atoms with E-state index in [2.05, 4.69) is 15.4 Å². The summed E-state index contributed by atoms with van der Waals surface area (Å²) in [5, 5.41) is 6.15. The van der Waals surface area contributed by atoms with Gasteiger partial charge in [-0.3, -0.25) is 4.79 Å². The molecule has 1 aromatic carbocycles. The van der Waals surface area contributed by atoms with Crippen molar-refractivity contribution in [1.82, 2.24) is 14.8 Å². The molecule has 6 nitrogen and oxygen atoms in total. The highest BCUT2D eigenvalue weighted by atomic mass is 19.4. The summed E-state index contributed by atoms with van der Waals surface area (Å²) < 4.78 is 52.8. The maximum absolute atomic E-state index is 13.9. The summed E-state index contributed by atoms with van der Waals surface area (Å²) in [7, 11) is 0. The highest BCUT2D eigenvalue weighted by Crippen LogP contribution is 2.30. The first-order chi connectivity index (χ1) is 12.7. The normalized spacial score (nSPS) is 11.4. The zero-order chi connectivity index (χ0) is 19.8. The van der Waals surface area contributed by atoms with Crippen LogP contribution in [0.15, 0.2) is 42.7 Å². The summed E-state index contributed by atoms with van der Waals surface area (Å²) in [4.78, 5) is 15.6. The molecule has 0 aliphatic carbocycles. The van der Waals surface area contributed by atoms with Crippen LogP contribution < -0.4 is 11.1 Å². The number of rotatable bonds is 3. The number of anilines is 2. The number of carbonyl (C=O) groups excluding carboxylic acids is 1. The summed E-state index contributed by atoms with van der Waals surface area (Å²) in [6.07, 6.45) is -3.13. The molecule has 3 N–H and O–H groups in total. The van der Waals surface area contributed by atoms with E-state index in [1.807, 2.05) is 19.1 Å². The van der Waals surface area contributed by atoms with Crippen molar-refractivity contribution in [2.24, 2.45) is 0 Å². The molecular weight excluding hydrogens is 366 g/mol. The largest absolute Gasteiger partial charge is 0.417 e. The third kappa shape index (κ3) is 3.59. The van der Waals surface area contributed by atoms with E-state index in [0.29, 0.717) is 11.9 Å². The average Bonchev–Trinajstić information content (AvgIpc) is 2.97. The third-order valence-corrected chi connectivity index (χ3v) is 3.80. The Morgan fingerprint density at radius 3 is 2.56 bits per heavy atom. The zero-order valence-electron chi connectivity index (χ0n) is 13.9. The van der Waals surface area contributed by atoms with Crippen molar-refractivity contribution < 1.29 is 22.4 Å². The summed E-state index contributed by atoms with van der Waals surface area (Å²) in [5.74, 6) is -2.81. The lowest BCUT2D eigenvalue weighted by molar-refractivity contribution is -0.138. The Hall–Kier alpha value is -3.43. The number of nitrogen functional groups attached to an aromatic ring is 1. The summed E-state index contributed by atoms with van der Waals surface area (Å²) in [6, 6.07) is 7.42. The molecular formula is C17H13F4N5O. The quantitative estimate of drug-likeness (QED) is 0.682. The molecule has 140 valence electrons. The van der Waals surface area contributed by atoms with Crippen LogP contribution in [0.1, 0.15) is 21.5 Å². The van der Waals surface area contributed by atoms with Crippen LogP contribution in [0.2, 0.25) is 0 Å². The molecule has 0 saturated carbocycles. The van der Waals surface area contributed by atoms with Crippen LogP contribution in [0.5, 0.6) is 0 Å². The topological polar surface area (TPSA) is 85.8 Å². The second kappa shape index (κ2) is 6.71. The number of pyridine rings is 1. The first-order valence-electron chi connectivity index (χ1n) is 7.62. The molecule has 1 amide bonds. The van der Waals surface area contributed by atoms with Gasteiger partial charge >= 0.3 is 6.18 Å². The molecule has 3 rings (SSSR count). The van der Waals surface area contributed by atoms with Crippen molar-refractivity contribution in [1.29, 1.82) is 0 Å². The van der Waals surface area contributed by atoms with Crippen molar-refractivity contribution in [2.45, 2.75) is 13.1 Å². The van der Waals surface area contributed by atoms with Gasteiger partial charge in [-0.05, 0) is 24.6 Å². The van der Waals surface area contributed by atoms with E-state index in [-0.39, 0.29) is 17.4 Å². The molecule has 2 heterocycles. The van der Waals surface area contributed by atoms with Gasteiger partial charge < -0.3 is 11.1 Å². The van der Waals surface area contributed by atoms with Crippen LogP contribution in [0.4, 0.5) is 29.2 Å². The van der Waals surface area contributed by atoms with Crippen LogP contribution in [0.25, 0.3) is 5.69 Å². The molecule has 0 saturated heterocycles. The number of nitrogens with two attached hydrogens (primary N) is 1. The minimum Gasteiger partial charge on any atom is -0.383 e. The van der Waals surface area contributed by atoms with E-state index in [1.54, 1.807) is 12.1 Å². The molecule has 2 aromatic heterocycles. The number of benzene rings is 1. The van der Waals surface area contributed by atoms with Gasteiger partial charge in [0, 0.05) is 6.20 Å². The lowest BCUT2D eigenvalue weighted by Crippen LogP contribution is -2.17. The second-order valence-corrected chi connectivity index (χ2v) is 5.65. The van der Waals surface area contributed by atoms with Crippen molar-refractivity contribution in [3.05, 3.63) is 65.2 Å². The van der Waals surface area contributed by atoms with Gasteiger partial charge in [0.2, 0.25) is 0 Å². The maximum atomic E-state index is 13.9. The maximum Gasteiger partial charge on any atom is 0.417 e. The Kier molecular flexibility index (Phi) is 4.56. The van der Waals surface area contributed by atoms with Crippen LogP contribution in [-0.4, -0.2) is 20.7 Å². The van der Waals surface area contributed by atoms with Crippen molar-refractivity contribution in [2.75, 3.05) is 11.1 Å². The predicted octanol–water partition coefficient (Wildman–Crippen LogP) is 3.57. The monoisotopic (exact) mass is 379 g/mol. The van der Waals surface area contributed by atoms with Gasteiger partial charge in [-0.15, -0.1) is 0 Å². The first kappa shape index (κ1) is 18.4. The van der Waals surface area contributed by atoms with Gasteiger partial charge in [-0.1, -0.05) is 18.2 Å². The van der Waals surface area contributed by atoms with Crippen LogP contribution >= 0.6 is 0 Å². The molecule has 0 spiro atoms. The number of amides is 1.